The lowest BCUT2D eigenvalue weighted by molar-refractivity contribution is -0.119. The van der Waals surface area contributed by atoms with Crippen LogP contribution in [0.5, 0.6) is 0 Å². The van der Waals surface area contributed by atoms with Gasteiger partial charge in [-0.2, -0.15) is 20.4 Å². The number of carbonyl (C=O) groups is 4. The number of carbonyl (C=O) groups excluding carboxylic acids is 4. The highest BCUT2D eigenvalue weighted by atomic mass is 16.1. The third kappa shape index (κ3) is 12.3. The van der Waals surface area contributed by atoms with Crippen molar-refractivity contribution in [1.82, 2.24) is 40.8 Å². The molecular weight excluding hydrogens is 1180 g/mol. The third-order valence-electron chi connectivity index (χ3n) is 21.7. The van der Waals surface area contributed by atoms with Gasteiger partial charge in [0.05, 0.1) is 22.8 Å². The van der Waals surface area contributed by atoms with Crippen molar-refractivity contribution in [3.63, 3.8) is 0 Å². The molecule has 0 radical (unpaired) electrons. The molecule has 0 spiro atoms. The van der Waals surface area contributed by atoms with E-state index in [1.807, 2.05) is 49.4 Å². The van der Waals surface area contributed by atoms with Gasteiger partial charge in [-0.3, -0.25) is 39.6 Å². The van der Waals surface area contributed by atoms with Gasteiger partial charge < -0.3 is 0 Å². The lowest BCUT2D eigenvalue weighted by atomic mass is 9.58. The molecule has 0 fully saturated rings. The molecule has 4 heterocycles. The molecule has 496 valence electrons. The van der Waals surface area contributed by atoms with Crippen LogP contribution in [-0.2, 0) is 61.1 Å². The van der Waals surface area contributed by atoms with Crippen LogP contribution in [0.1, 0.15) is 218 Å². The summed E-state index contributed by atoms with van der Waals surface area (Å²) in [6, 6.07) is 41.4. The minimum atomic E-state index is -0.408. The monoisotopic (exact) mass is 1280 g/mol. The van der Waals surface area contributed by atoms with Gasteiger partial charge in [-0.15, -0.1) is 0 Å². The van der Waals surface area contributed by atoms with Crippen molar-refractivity contribution in [2.45, 2.75) is 197 Å². The maximum atomic E-state index is 13.2. The molecule has 96 heavy (non-hydrogen) atoms. The molecule has 0 bridgehead atoms. The molecule has 12 heteroatoms. The van der Waals surface area contributed by atoms with E-state index in [0.29, 0.717) is 49.5 Å². The zero-order valence-corrected chi connectivity index (χ0v) is 59.2. The second-order valence-corrected chi connectivity index (χ2v) is 32.3. The average molecular weight is 1280 g/mol. The van der Waals surface area contributed by atoms with Crippen LogP contribution >= 0.6 is 0 Å². The number of aromatic amines is 4. The van der Waals surface area contributed by atoms with Crippen LogP contribution < -0.4 is 0 Å². The number of benzene rings is 4. The van der Waals surface area contributed by atoms with E-state index in [1.54, 1.807) is 0 Å². The topological polar surface area (TPSA) is 183 Å². The number of hydrogen-bond donors (Lipinski definition) is 4. The Labute approximate surface area is 567 Å². The zero-order chi connectivity index (χ0) is 68.7. The van der Waals surface area contributed by atoms with Crippen molar-refractivity contribution in [3.8, 4) is 0 Å². The molecule has 4 N–H and O–H groups in total. The normalized spacial score (nSPS) is 23.3. The maximum Gasteiger partial charge on any atom is 0.160 e. The SMILES string of the molecule is C=C(c1ccccc1)c1c(CC2=CC(=O)CC(C)(C)C2)n[nH]c1C.Cc1[nH]nc2c1C(C)(c1ccccc1)C1=C(C2)CC(C)(C)CC1=O.Cc1[nH]nc2c1[C@@](C)(c1ccccc1)C1=C(C2)CC(C)(C)CC1=O.Cc1[nH]nc2c1[C@](C)(c1ccccc1)C1=C(C2)CC(C)(C)CC1=O. The lowest BCUT2D eigenvalue weighted by Crippen LogP contribution is -2.41. The van der Waals surface area contributed by atoms with Crippen LogP contribution in [0.4, 0.5) is 0 Å². The minimum Gasteiger partial charge on any atom is -0.295 e. The third-order valence-corrected chi connectivity index (χ3v) is 21.7. The number of aromatic nitrogens is 8. The Morgan fingerprint density at radius 3 is 1.04 bits per heavy atom. The molecule has 0 aliphatic heterocycles. The van der Waals surface area contributed by atoms with Crippen LogP contribution in [0.2, 0.25) is 0 Å². The summed E-state index contributed by atoms with van der Waals surface area (Å²) in [6.45, 7) is 36.6. The predicted octanol–water partition coefficient (Wildman–Crippen LogP) is 17.4. The number of allylic oxidation sites excluding steroid dienone is 8. The van der Waals surface area contributed by atoms with E-state index in [4.69, 9.17) is 0 Å². The number of H-pyrrole nitrogens is 4. The second-order valence-electron chi connectivity index (χ2n) is 32.3. The fourth-order valence-corrected chi connectivity index (χ4v) is 18.3. The van der Waals surface area contributed by atoms with Gasteiger partial charge >= 0.3 is 0 Å². The Kier molecular flexibility index (Phi) is 17.4. The summed E-state index contributed by atoms with van der Waals surface area (Å²) in [5.74, 6) is 1.13. The van der Waals surface area contributed by atoms with Crippen molar-refractivity contribution in [1.29, 1.82) is 0 Å². The minimum absolute atomic E-state index is 0.0309. The molecule has 1 unspecified atom stereocenters. The standard InChI is InChI=1S/4C21H24N2O/c3*1-13-18-16(23-22-13)10-14-11-20(2,3)12-17(24)19(14)21(18,4)15-8-6-5-7-9-15;1-14(17-8-6-5-7-9-17)20-15(2)22-23-19(20)11-16-10-18(24)13-21(3,4)12-16/h3*5-9H,10-12H2,1-4H3,(H,22,23);5-10H,1,11-13H2,2-4H3,(H,22,23)/t2*21-;;/m10../s1. The smallest absolute Gasteiger partial charge is 0.160 e. The molecule has 0 saturated carbocycles. The average Bonchev–Trinajstić information content (AvgIpc) is 1.31. The van der Waals surface area contributed by atoms with E-state index in [0.717, 1.165) is 129 Å². The van der Waals surface area contributed by atoms with Crippen molar-refractivity contribution >= 4 is 28.7 Å². The zero-order valence-electron chi connectivity index (χ0n) is 59.2. The Bertz CT molecular complexity index is 4190. The molecule has 3 atom stereocenters. The summed E-state index contributed by atoms with van der Waals surface area (Å²) in [4.78, 5) is 51.6. The molecule has 8 aromatic rings. The summed E-state index contributed by atoms with van der Waals surface area (Å²) in [5.41, 5.74) is 25.7. The summed E-state index contributed by atoms with van der Waals surface area (Å²) in [6.07, 6.45) is 11.3. The number of nitrogens with one attached hydrogen (secondary N) is 4. The van der Waals surface area contributed by atoms with Crippen LogP contribution in [0.3, 0.4) is 0 Å². The molecule has 0 saturated heterocycles. The van der Waals surface area contributed by atoms with Crippen molar-refractivity contribution in [2.75, 3.05) is 0 Å². The molecule has 4 aromatic carbocycles. The van der Waals surface area contributed by atoms with Crippen molar-refractivity contribution < 1.29 is 19.2 Å². The van der Waals surface area contributed by atoms with Gasteiger partial charge in [-0.25, -0.2) is 0 Å². The molecule has 15 rings (SSSR count). The Morgan fingerprint density at radius 2 is 0.708 bits per heavy atom. The number of aryl methyl sites for hydroxylation is 4. The summed E-state index contributed by atoms with van der Waals surface area (Å²) in [7, 11) is 0. The van der Waals surface area contributed by atoms with E-state index < -0.39 is 16.2 Å². The van der Waals surface area contributed by atoms with Gasteiger partial charge in [-0.05, 0) is 130 Å². The van der Waals surface area contributed by atoms with Gasteiger partial charge in [0, 0.05) is 129 Å². The first kappa shape index (κ1) is 67.1. The van der Waals surface area contributed by atoms with Crippen LogP contribution in [-0.4, -0.2) is 63.9 Å². The number of hydrogen-bond acceptors (Lipinski definition) is 8. The summed E-state index contributed by atoms with van der Waals surface area (Å²) in [5, 5.41) is 30.8. The first-order valence-electron chi connectivity index (χ1n) is 34.4. The number of fused-ring (bicyclic) bond motifs is 3. The molecule has 0 amide bonds. The van der Waals surface area contributed by atoms with Crippen LogP contribution in [0, 0.1) is 49.4 Å². The fourth-order valence-electron chi connectivity index (χ4n) is 18.3. The van der Waals surface area contributed by atoms with Gasteiger partial charge in [0.2, 0.25) is 0 Å². The summed E-state index contributed by atoms with van der Waals surface area (Å²) < 4.78 is 0. The van der Waals surface area contributed by atoms with Crippen LogP contribution in [0.25, 0.3) is 5.57 Å². The molecule has 4 aromatic heterocycles. The first-order valence-corrected chi connectivity index (χ1v) is 34.4. The predicted molar refractivity (Wildman–Crippen MR) is 383 cm³/mol. The highest BCUT2D eigenvalue weighted by Gasteiger charge is 2.52. The fraction of sp³-hybridized carbons (Fsp3) is 0.405. The highest BCUT2D eigenvalue weighted by molar-refractivity contribution is 6.03. The van der Waals surface area contributed by atoms with Crippen LogP contribution in [0.15, 0.2) is 173 Å². The van der Waals surface area contributed by atoms with Crippen molar-refractivity contribution in [2.24, 2.45) is 21.7 Å². The number of nitrogens with zero attached hydrogens (tertiary/aromatic N) is 4. The highest BCUT2D eigenvalue weighted by Crippen LogP contribution is 2.56. The van der Waals surface area contributed by atoms with E-state index in [9.17, 15) is 19.2 Å². The largest absolute Gasteiger partial charge is 0.295 e. The lowest BCUT2D eigenvalue weighted by Gasteiger charge is -2.43. The number of Topliss-reactive ketones (excluding diaryl/α,β-unsaturated/α-hetero) is 3. The molecule has 12 nitrogen and oxygen atoms in total. The van der Waals surface area contributed by atoms with Gasteiger partial charge in [-0.1, -0.05) is 206 Å². The first-order chi connectivity index (χ1) is 45.3. The molecule has 7 aliphatic rings. The number of rotatable bonds is 7. The molecular formula is C84H96N8O4. The maximum absolute atomic E-state index is 13.2. The van der Waals surface area contributed by atoms with Gasteiger partial charge in [0.25, 0.3) is 0 Å². The number of ketones is 4. The Morgan fingerprint density at radius 1 is 0.396 bits per heavy atom. The van der Waals surface area contributed by atoms with E-state index >= 15 is 0 Å². The van der Waals surface area contributed by atoms with Gasteiger partial charge in [0.15, 0.2) is 23.1 Å². The van der Waals surface area contributed by atoms with E-state index in [2.05, 4.69) is 229 Å². The van der Waals surface area contributed by atoms with E-state index in [-0.39, 0.29) is 27.4 Å². The Hall–Kier alpha value is -8.90. The van der Waals surface area contributed by atoms with Crippen molar-refractivity contribution in [3.05, 3.63) is 263 Å². The summed E-state index contributed by atoms with van der Waals surface area (Å²) >= 11 is 0. The quantitative estimate of drug-likeness (QED) is 0.122. The Balaban J connectivity index is 0.000000122. The second kappa shape index (κ2) is 24.9. The van der Waals surface area contributed by atoms with Gasteiger partial charge in [0.1, 0.15) is 0 Å². The van der Waals surface area contributed by atoms with E-state index in [1.165, 1.54) is 50.1 Å². The molecule has 7 aliphatic carbocycles.